The average Bonchev–Trinajstić information content (AvgIpc) is 3.21. The topological polar surface area (TPSA) is 75.7 Å². The summed E-state index contributed by atoms with van der Waals surface area (Å²) in [5, 5.41) is 9.16. The Morgan fingerprint density at radius 3 is 2.84 bits per heavy atom. The minimum Gasteiger partial charge on any atom is -0.327 e. The van der Waals surface area contributed by atoms with Crippen LogP contribution in [0.25, 0.3) is 0 Å². The van der Waals surface area contributed by atoms with E-state index in [1.807, 2.05) is 18.4 Å². The van der Waals surface area contributed by atoms with Gasteiger partial charge in [-0.05, 0) is 32.0 Å². The number of nitrogens with zero attached hydrogens (tertiary/aromatic N) is 6. The van der Waals surface area contributed by atoms with Crippen molar-refractivity contribution in [2.24, 2.45) is 9.98 Å². The van der Waals surface area contributed by atoms with E-state index in [2.05, 4.69) is 20.2 Å². The fraction of sp³-hybridized carbons (Fsp3) is 0.353. The third kappa shape index (κ3) is 2.74. The van der Waals surface area contributed by atoms with Gasteiger partial charge in [-0.25, -0.2) is 4.99 Å². The van der Waals surface area contributed by atoms with Crippen LogP contribution in [-0.2, 0) is 6.54 Å². The molecule has 0 N–H and O–H groups in total. The average molecular weight is 357 g/mol. The van der Waals surface area contributed by atoms with Crippen LogP contribution >= 0.6 is 11.6 Å². The van der Waals surface area contributed by atoms with Crippen LogP contribution in [0.15, 0.2) is 34.3 Å². The molecule has 1 aromatic heterocycles. The van der Waals surface area contributed by atoms with Gasteiger partial charge in [0.1, 0.15) is 11.5 Å². The first kappa shape index (κ1) is 16.0. The van der Waals surface area contributed by atoms with E-state index < -0.39 is 0 Å². The Labute approximate surface area is 150 Å². The molecule has 0 unspecified atom stereocenters. The highest BCUT2D eigenvalue weighted by molar-refractivity contribution is 6.31. The van der Waals surface area contributed by atoms with Crippen molar-refractivity contribution in [3.05, 3.63) is 46.5 Å². The van der Waals surface area contributed by atoms with Crippen molar-refractivity contribution < 1.29 is 4.79 Å². The predicted molar refractivity (Wildman–Crippen MR) is 95.4 cm³/mol. The summed E-state index contributed by atoms with van der Waals surface area (Å²) in [7, 11) is 0. The second-order valence-electron chi connectivity index (χ2n) is 6.14. The van der Waals surface area contributed by atoms with E-state index in [0.29, 0.717) is 30.2 Å². The zero-order valence-corrected chi connectivity index (χ0v) is 14.7. The Balaban J connectivity index is 1.62. The van der Waals surface area contributed by atoms with Gasteiger partial charge < -0.3 is 9.47 Å². The lowest BCUT2D eigenvalue weighted by Crippen LogP contribution is -2.41. The number of aliphatic imine (C=N–C) groups is 2. The molecule has 2 aliphatic rings. The molecule has 0 saturated carbocycles. The van der Waals surface area contributed by atoms with Gasteiger partial charge in [0.2, 0.25) is 0 Å². The molecule has 1 aromatic carbocycles. The Morgan fingerprint density at radius 1 is 1.28 bits per heavy atom. The van der Waals surface area contributed by atoms with Gasteiger partial charge in [-0.1, -0.05) is 17.7 Å². The summed E-state index contributed by atoms with van der Waals surface area (Å²) in [5.41, 5.74) is 1.41. The number of aromatic nitrogens is 3. The van der Waals surface area contributed by atoms with Crippen LogP contribution in [0.3, 0.4) is 0 Å². The molecule has 25 heavy (non-hydrogen) atoms. The molecule has 0 bridgehead atoms. The number of amides is 1. The zero-order chi connectivity index (χ0) is 17.6. The summed E-state index contributed by atoms with van der Waals surface area (Å²) in [6.45, 7) is 5.58. The van der Waals surface area contributed by atoms with Gasteiger partial charge in [0, 0.05) is 23.7 Å². The van der Waals surface area contributed by atoms with Crippen molar-refractivity contribution in [1.82, 2.24) is 19.7 Å². The van der Waals surface area contributed by atoms with Gasteiger partial charge >= 0.3 is 0 Å². The van der Waals surface area contributed by atoms with Crippen LogP contribution < -0.4 is 0 Å². The molecular formula is C17H17ClN6O. The number of rotatable bonds is 2. The monoisotopic (exact) mass is 356 g/mol. The summed E-state index contributed by atoms with van der Waals surface area (Å²) in [4.78, 5) is 23.4. The second kappa shape index (κ2) is 6.07. The summed E-state index contributed by atoms with van der Waals surface area (Å²) in [6.07, 6.45) is 0. The number of carbonyl (C=O) groups excluding carboxylic acids is 1. The fourth-order valence-electron chi connectivity index (χ4n) is 3.24. The molecule has 4 rings (SSSR count). The third-order valence-corrected chi connectivity index (χ3v) is 4.77. The van der Waals surface area contributed by atoms with Gasteiger partial charge in [0.15, 0.2) is 11.6 Å². The van der Waals surface area contributed by atoms with Crippen LogP contribution in [0.5, 0.6) is 0 Å². The smallest absolute Gasteiger partial charge is 0.254 e. The van der Waals surface area contributed by atoms with E-state index in [1.54, 1.807) is 29.2 Å². The van der Waals surface area contributed by atoms with Crippen molar-refractivity contribution in [3.8, 4) is 0 Å². The largest absolute Gasteiger partial charge is 0.327 e. The number of hydrogen-bond acceptors (Lipinski definition) is 5. The molecule has 0 aliphatic carbocycles. The van der Waals surface area contributed by atoms with E-state index in [-0.39, 0.29) is 11.9 Å². The molecule has 0 radical (unpaired) electrons. The second-order valence-corrected chi connectivity index (χ2v) is 6.58. The van der Waals surface area contributed by atoms with E-state index in [1.165, 1.54) is 0 Å². The number of halogens is 1. The van der Waals surface area contributed by atoms with E-state index >= 15 is 0 Å². The van der Waals surface area contributed by atoms with Crippen LogP contribution in [0.2, 0.25) is 5.02 Å². The third-order valence-electron chi connectivity index (χ3n) is 4.53. The van der Waals surface area contributed by atoms with E-state index in [0.717, 1.165) is 23.2 Å². The standard InChI is InChI=1S/C17H17ClN6O/c1-10-15-21-22-16(14-9-19-11(2)20-14)24(15)7-6-23(10)17(25)12-4-3-5-13(18)8-12/h3-5,8,10H,6-7,9H2,1-2H3/t10-/m1/s1. The van der Waals surface area contributed by atoms with Crippen LogP contribution in [-0.4, -0.2) is 50.2 Å². The highest BCUT2D eigenvalue weighted by Gasteiger charge is 2.33. The minimum atomic E-state index is -0.175. The van der Waals surface area contributed by atoms with Crippen molar-refractivity contribution >= 4 is 29.1 Å². The highest BCUT2D eigenvalue weighted by atomic mass is 35.5. The number of fused-ring (bicyclic) bond motifs is 1. The summed E-state index contributed by atoms with van der Waals surface area (Å²) in [6, 6.07) is 6.83. The molecule has 0 saturated heterocycles. The van der Waals surface area contributed by atoms with Gasteiger partial charge in [-0.3, -0.25) is 9.79 Å². The van der Waals surface area contributed by atoms with Crippen molar-refractivity contribution in [2.75, 3.05) is 13.1 Å². The summed E-state index contributed by atoms with van der Waals surface area (Å²) < 4.78 is 2.04. The van der Waals surface area contributed by atoms with E-state index in [4.69, 9.17) is 11.6 Å². The Morgan fingerprint density at radius 2 is 2.12 bits per heavy atom. The summed E-state index contributed by atoms with van der Waals surface area (Å²) >= 11 is 6.01. The normalized spacial score (nSPS) is 19.5. The fourth-order valence-corrected chi connectivity index (χ4v) is 3.43. The molecule has 3 heterocycles. The van der Waals surface area contributed by atoms with Gasteiger partial charge in [0.05, 0.1) is 12.6 Å². The maximum absolute atomic E-state index is 12.8. The molecule has 1 atom stereocenters. The quantitative estimate of drug-likeness (QED) is 0.829. The number of amidine groups is 1. The molecule has 0 fully saturated rings. The van der Waals surface area contributed by atoms with Crippen LogP contribution in [0.4, 0.5) is 0 Å². The first-order valence-electron chi connectivity index (χ1n) is 8.13. The first-order valence-corrected chi connectivity index (χ1v) is 8.51. The lowest BCUT2D eigenvalue weighted by molar-refractivity contribution is 0.0637. The molecule has 1 amide bonds. The molecule has 2 aromatic rings. The molecular weight excluding hydrogens is 340 g/mol. The van der Waals surface area contributed by atoms with Crippen LogP contribution in [0.1, 0.15) is 41.9 Å². The van der Waals surface area contributed by atoms with Gasteiger partial charge in [-0.2, -0.15) is 0 Å². The highest BCUT2D eigenvalue weighted by Crippen LogP contribution is 2.27. The van der Waals surface area contributed by atoms with Gasteiger partial charge in [-0.15, -0.1) is 10.2 Å². The maximum atomic E-state index is 12.8. The SMILES string of the molecule is CC1=NCC(c2nnc3n2CCN(C(=O)c2cccc(Cl)c2)[C@@H]3C)=N1. The number of carbonyl (C=O) groups is 1. The van der Waals surface area contributed by atoms with Crippen molar-refractivity contribution in [1.29, 1.82) is 0 Å². The summed E-state index contributed by atoms with van der Waals surface area (Å²) in [5.74, 6) is 2.22. The first-order chi connectivity index (χ1) is 12.0. The molecule has 7 nitrogen and oxygen atoms in total. The van der Waals surface area contributed by atoms with Crippen LogP contribution in [0, 0.1) is 0 Å². The zero-order valence-electron chi connectivity index (χ0n) is 14.0. The maximum Gasteiger partial charge on any atom is 0.254 e. The van der Waals surface area contributed by atoms with E-state index in [9.17, 15) is 4.79 Å². The lowest BCUT2D eigenvalue weighted by Gasteiger charge is -2.33. The Hall–Kier alpha value is -2.54. The number of benzene rings is 1. The molecule has 128 valence electrons. The molecule has 2 aliphatic heterocycles. The number of hydrogen-bond donors (Lipinski definition) is 0. The Bertz CT molecular complexity index is 916. The molecule has 0 spiro atoms. The minimum absolute atomic E-state index is 0.0526. The van der Waals surface area contributed by atoms with Crippen molar-refractivity contribution in [2.45, 2.75) is 26.4 Å². The lowest BCUT2D eigenvalue weighted by atomic mass is 10.1. The Kier molecular flexibility index (Phi) is 3.88. The van der Waals surface area contributed by atoms with Gasteiger partial charge in [0.25, 0.3) is 5.91 Å². The molecule has 8 heteroatoms. The predicted octanol–water partition coefficient (Wildman–Crippen LogP) is 2.37. The van der Waals surface area contributed by atoms with Crippen molar-refractivity contribution in [3.63, 3.8) is 0 Å².